The van der Waals surface area contributed by atoms with Crippen LogP contribution in [0, 0.1) is 11.8 Å². The first-order valence-corrected chi connectivity index (χ1v) is 12.0. The maximum absolute atomic E-state index is 12.2. The normalized spacial score (nSPS) is 20.6. The highest BCUT2D eigenvalue weighted by atomic mass is 16.5. The summed E-state index contributed by atoms with van der Waals surface area (Å²) in [5.74, 6) is -0.0404. The summed E-state index contributed by atoms with van der Waals surface area (Å²) < 4.78 is 21.7. The molecule has 2 fully saturated rings. The van der Waals surface area contributed by atoms with Crippen LogP contribution in [-0.4, -0.2) is 99.6 Å². The molecule has 8 heteroatoms. The molecule has 0 aromatic rings. The third kappa shape index (κ3) is 10.4. The molecule has 0 bridgehead atoms. The van der Waals surface area contributed by atoms with Crippen LogP contribution in [-0.2, 0) is 28.5 Å². The second kappa shape index (κ2) is 14.6. The fourth-order valence-electron chi connectivity index (χ4n) is 4.21. The van der Waals surface area contributed by atoms with Crippen molar-refractivity contribution in [3.05, 3.63) is 12.2 Å². The Kier molecular flexibility index (Phi) is 12.2. The SMILES string of the molecule is CC(C)CC(COC(=O)/C=C/C(=O)OCC(CC(C)C)N1CCOCC1)N1CCOCC1. The van der Waals surface area contributed by atoms with Gasteiger partial charge in [0.2, 0.25) is 0 Å². The molecule has 2 aliphatic heterocycles. The summed E-state index contributed by atoms with van der Waals surface area (Å²) in [5.41, 5.74) is 0. The van der Waals surface area contributed by atoms with Crippen LogP contribution in [0.2, 0.25) is 0 Å². The van der Waals surface area contributed by atoms with E-state index >= 15 is 0 Å². The molecular weight excluding hydrogens is 412 g/mol. The van der Waals surface area contributed by atoms with E-state index in [1.165, 1.54) is 12.2 Å². The molecule has 0 saturated carbocycles. The Balaban J connectivity index is 1.77. The van der Waals surface area contributed by atoms with Crippen LogP contribution < -0.4 is 0 Å². The Bertz CT molecular complexity index is 533. The van der Waals surface area contributed by atoms with Crippen LogP contribution in [0.15, 0.2) is 12.2 Å². The minimum absolute atomic E-state index is 0.161. The van der Waals surface area contributed by atoms with Gasteiger partial charge >= 0.3 is 11.9 Å². The zero-order valence-electron chi connectivity index (χ0n) is 20.3. The van der Waals surface area contributed by atoms with E-state index in [0.717, 1.165) is 39.0 Å². The molecule has 2 heterocycles. The topological polar surface area (TPSA) is 77.5 Å². The van der Waals surface area contributed by atoms with E-state index in [9.17, 15) is 9.59 Å². The van der Waals surface area contributed by atoms with Crippen LogP contribution in [0.25, 0.3) is 0 Å². The second-order valence-corrected chi connectivity index (χ2v) is 9.46. The van der Waals surface area contributed by atoms with Gasteiger partial charge < -0.3 is 18.9 Å². The number of rotatable bonds is 12. The number of hydrogen-bond donors (Lipinski definition) is 0. The van der Waals surface area contributed by atoms with Gasteiger partial charge in [-0.1, -0.05) is 27.7 Å². The standard InChI is InChI=1S/C24H42N2O6/c1-19(2)15-21(25-7-11-29-12-8-25)17-31-23(27)5-6-24(28)32-18-22(16-20(3)4)26-9-13-30-14-10-26/h5-6,19-22H,7-18H2,1-4H3/b6-5+. The molecule has 8 nitrogen and oxygen atoms in total. The van der Waals surface area contributed by atoms with Crippen molar-refractivity contribution in [2.75, 3.05) is 65.8 Å². The van der Waals surface area contributed by atoms with E-state index in [-0.39, 0.29) is 12.1 Å². The van der Waals surface area contributed by atoms with Crippen molar-refractivity contribution < 1.29 is 28.5 Å². The van der Waals surface area contributed by atoms with Crippen molar-refractivity contribution in [1.29, 1.82) is 0 Å². The summed E-state index contributed by atoms with van der Waals surface area (Å²) in [4.78, 5) is 29.0. The molecule has 2 rings (SSSR count). The van der Waals surface area contributed by atoms with Gasteiger partial charge in [-0.05, 0) is 24.7 Å². The molecular formula is C24H42N2O6. The molecule has 2 unspecified atom stereocenters. The lowest BCUT2D eigenvalue weighted by Crippen LogP contribution is -2.46. The predicted molar refractivity (Wildman–Crippen MR) is 122 cm³/mol. The number of ether oxygens (including phenoxy) is 4. The molecule has 2 saturated heterocycles. The van der Waals surface area contributed by atoms with Crippen molar-refractivity contribution in [3.8, 4) is 0 Å². The van der Waals surface area contributed by atoms with Gasteiger partial charge in [0, 0.05) is 50.4 Å². The van der Waals surface area contributed by atoms with Gasteiger partial charge in [-0.25, -0.2) is 9.59 Å². The summed E-state index contributed by atoms with van der Waals surface area (Å²) in [7, 11) is 0. The van der Waals surface area contributed by atoms with Gasteiger partial charge in [-0.2, -0.15) is 0 Å². The molecule has 0 amide bonds. The van der Waals surface area contributed by atoms with E-state index in [1.54, 1.807) is 0 Å². The second-order valence-electron chi connectivity index (χ2n) is 9.46. The lowest BCUT2D eigenvalue weighted by molar-refractivity contribution is -0.143. The third-order valence-corrected chi connectivity index (χ3v) is 5.80. The van der Waals surface area contributed by atoms with Crippen molar-refractivity contribution in [2.45, 2.75) is 52.6 Å². The van der Waals surface area contributed by atoms with Crippen LogP contribution in [0.5, 0.6) is 0 Å². The Morgan fingerprint density at radius 3 is 1.38 bits per heavy atom. The lowest BCUT2D eigenvalue weighted by Gasteiger charge is -2.35. The summed E-state index contributed by atoms with van der Waals surface area (Å²) >= 11 is 0. The Morgan fingerprint density at radius 2 is 1.06 bits per heavy atom. The maximum atomic E-state index is 12.2. The van der Waals surface area contributed by atoms with Crippen LogP contribution in [0.3, 0.4) is 0 Å². The number of nitrogens with zero attached hydrogens (tertiary/aromatic N) is 2. The molecule has 2 atom stereocenters. The highest BCUT2D eigenvalue weighted by Gasteiger charge is 2.24. The number of hydrogen-bond acceptors (Lipinski definition) is 8. The van der Waals surface area contributed by atoms with Gasteiger partial charge in [0.25, 0.3) is 0 Å². The third-order valence-electron chi connectivity index (χ3n) is 5.80. The predicted octanol–water partition coefficient (Wildman–Crippen LogP) is 2.12. The highest BCUT2D eigenvalue weighted by molar-refractivity contribution is 5.91. The van der Waals surface area contributed by atoms with Crippen molar-refractivity contribution >= 4 is 11.9 Å². The minimum Gasteiger partial charge on any atom is -0.461 e. The largest absolute Gasteiger partial charge is 0.461 e. The summed E-state index contributed by atoms with van der Waals surface area (Å²) in [6.07, 6.45) is 4.22. The first-order valence-electron chi connectivity index (χ1n) is 12.0. The van der Waals surface area contributed by atoms with Gasteiger partial charge in [-0.3, -0.25) is 9.80 Å². The fraction of sp³-hybridized carbons (Fsp3) is 0.833. The first-order chi connectivity index (χ1) is 15.3. The van der Waals surface area contributed by atoms with Crippen LogP contribution in [0.4, 0.5) is 0 Å². The van der Waals surface area contributed by atoms with E-state index < -0.39 is 11.9 Å². The Morgan fingerprint density at radius 1 is 0.719 bits per heavy atom. The quantitative estimate of drug-likeness (QED) is 0.328. The minimum atomic E-state index is -0.518. The highest BCUT2D eigenvalue weighted by Crippen LogP contribution is 2.15. The van der Waals surface area contributed by atoms with E-state index in [4.69, 9.17) is 18.9 Å². The van der Waals surface area contributed by atoms with Crippen LogP contribution in [0.1, 0.15) is 40.5 Å². The van der Waals surface area contributed by atoms with Crippen molar-refractivity contribution in [3.63, 3.8) is 0 Å². The summed E-state index contributed by atoms with van der Waals surface area (Å²) in [5, 5.41) is 0. The van der Waals surface area contributed by atoms with Gasteiger partial charge in [-0.15, -0.1) is 0 Å². The van der Waals surface area contributed by atoms with E-state index in [2.05, 4.69) is 37.5 Å². The number of esters is 2. The van der Waals surface area contributed by atoms with Crippen LogP contribution >= 0.6 is 0 Å². The van der Waals surface area contributed by atoms with Gasteiger partial charge in [0.1, 0.15) is 13.2 Å². The number of carbonyl (C=O) groups excluding carboxylic acids is 2. The Hall–Kier alpha value is -1.48. The lowest BCUT2D eigenvalue weighted by atomic mass is 10.0. The molecule has 0 aliphatic carbocycles. The van der Waals surface area contributed by atoms with Crippen molar-refractivity contribution in [2.24, 2.45) is 11.8 Å². The molecule has 184 valence electrons. The average Bonchev–Trinajstić information content (AvgIpc) is 2.78. The molecule has 2 aliphatic rings. The molecule has 0 aromatic carbocycles. The summed E-state index contributed by atoms with van der Waals surface area (Å²) in [6.45, 7) is 15.5. The number of carbonyl (C=O) groups is 2. The zero-order valence-corrected chi connectivity index (χ0v) is 20.3. The molecule has 0 aromatic heterocycles. The molecule has 0 radical (unpaired) electrons. The van der Waals surface area contributed by atoms with E-state index in [1.807, 2.05) is 0 Å². The molecule has 0 spiro atoms. The van der Waals surface area contributed by atoms with Gasteiger partial charge in [0.05, 0.1) is 26.4 Å². The molecule has 0 N–H and O–H groups in total. The first kappa shape index (κ1) is 26.8. The summed E-state index contributed by atoms with van der Waals surface area (Å²) in [6, 6.07) is 0.321. The maximum Gasteiger partial charge on any atom is 0.331 e. The smallest absolute Gasteiger partial charge is 0.331 e. The van der Waals surface area contributed by atoms with E-state index in [0.29, 0.717) is 51.5 Å². The Labute approximate surface area is 193 Å². The number of morpholine rings is 2. The van der Waals surface area contributed by atoms with Gasteiger partial charge in [0.15, 0.2) is 0 Å². The monoisotopic (exact) mass is 454 g/mol. The van der Waals surface area contributed by atoms with Crippen molar-refractivity contribution in [1.82, 2.24) is 9.80 Å². The fourth-order valence-corrected chi connectivity index (χ4v) is 4.21. The molecule has 32 heavy (non-hydrogen) atoms. The average molecular weight is 455 g/mol. The zero-order chi connectivity index (χ0) is 23.3.